The zero-order valence-corrected chi connectivity index (χ0v) is 52.1. The van der Waals surface area contributed by atoms with E-state index in [0.717, 1.165) is 44.3 Å². The Morgan fingerprint density at radius 3 is 2.36 bits per heavy atom. The number of Topliss-reactive ketones (excluding diaryl/α,β-unsaturated/α-hetero) is 2. The zero-order chi connectivity index (χ0) is 62.5. The maximum atomic E-state index is 13.9. The molecular formula is C63H81N5O17S2. The number of carbonyl (C=O) groups excluding carboxylic acids is 5. The van der Waals surface area contributed by atoms with Crippen LogP contribution >= 0.6 is 23.1 Å². The third kappa shape index (κ3) is 15.0. The van der Waals surface area contributed by atoms with Crippen molar-refractivity contribution in [2.24, 2.45) is 27.7 Å². The zero-order valence-electron chi connectivity index (χ0n) is 50.5. The average molecular weight is 1240 g/mol. The van der Waals surface area contributed by atoms with Gasteiger partial charge in [0, 0.05) is 92.0 Å². The van der Waals surface area contributed by atoms with Gasteiger partial charge in [0.15, 0.2) is 30.0 Å². The Morgan fingerprint density at radius 2 is 1.61 bits per heavy atom. The lowest BCUT2D eigenvalue weighted by Crippen LogP contribution is -2.54. The molecule has 4 aliphatic carbocycles. The molecule has 472 valence electrons. The summed E-state index contributed by atoms with van der Waals surface area (Å²) >= 11 is 2.63. The highest BCUT2D eigenvalue weighted by Gasteiger charge is 2.56. The minimum Gasteiger partial charge on any atom is -0.494 e. The third-order valence-electron chi connectivity index (χ3n) is 18.4. The van der Waals surface area contributed by atoms with Crippen molar-refractivity contribution in [3.8, 4) is 11.5 Å². The van der Waals surface area contributed by atoms with Gasteiger partial charge in [-0.05, 0) is 124 Å². The van der Waals surface area contributed by atoms with Crippen LogP contribution in [0.15, 0.2) is 63.7 Å². The van der Waals surface area contributed by atoms with Gasteiger partial charge in [-0.1, -0.05) is 26.8 Å². The quantitative estimate of drug-likeness (QED) is 0.0403. The van der Waals surface area contributed by atoms with Crippen LogP contribution in [0.4, 0.5) is 4.79 Å². The Labute approximate surface area is 514 Å². The molecule has 6 aliphatic rings. The Bertz CT molecular complexity index is 3210. The number of rotatable bonds is 26. The maximum Gasteiger partial charge on any atom is 0.415 e. The van der Waals surface area contributed by atoms with E-state index in [9.17, 15) is 54.0 Å². The van der Waals surface area contributed by atoms with Gasteiger partial charge in [0.2, 0.25) is 11.8 Å². The van der Waals surface area contributed by atoms with E-state index < -0.39 is 54.1 Å². The number of ketones is 2. The molecule has 2 aliphatic heterocycles. The Hall–Kier alpha value is -6.12. The van der Waals surface area contributed by atoms with Gasteiger partial charge < -0.3 is 64.0 Å². The highest BCUT2D eigenvalue weighted by molar-refractivity contribution is 8.15. The number of carboxylic acids is 2. The Balaban J connectivity index is 0.685. The Morgan fingerprint density at radius 1 is 0.862 bits per heavy atom. The molecule has 5 unspecified atom stereocenters. The maximum absolute atomic E-state index is 13.9. The van der Waals surface area contributed by atoms with Crippen LogP contribution in [0.25, 0.3) is 10.2 Å². The number of aliphatic hydroxyl groups excluding tert-OH is 2. The van der Waals surface area contributed by atoms with Crippen LogP contribution in [0.5, 0.6) is 11.5 Å². The van der Waals surface area contributed by atoms with Gasteiger partial charge in [0.1, 0.15) is 27.7 Å². The molecule has 0 spiro atoms. The van der Waals surface area contributed by atoms with Gasteiger partial charge in [-0.2, -0.15) is 0 Å². The number of carbonyl (C=O) groups is 7. The smallest absolute Gasteiger partial charge is 0.415 e. The molecular weight excluding hydrogens is 1160 g/mol. The van der Waals surface area contributed by atoms with Crippen LogP contribution in [-0.4, -0.2) is 190 Å². The molecule has 22 nitrogen and oxygen atoms in total. The summed E-state index contributed by atoms with van der Waals surface area (Å²) in [6.07, 6.45) is 0.519. The standard InChI is InChI=1S/C63H81N5O17S2/c1-34-35(2)54(73)52(36(3)53(34)72)62(4,5)32-50(71)67(7)21-22-68(61(79)83-39-11-15-44-47(30-39)87-58(65-44)57-66-45(33-86-57)59(75)76)23-26-81-28-27-80-25-18-49(70)64-20-8-24-82-38-10-13-40-37(29-38)9-12-42-41(40)17-19-63(6)43(42)14-16-48(63)84-51-31-46(69)55(74)56(85-51)60(77)78/h10-11,13,15,29-30,41-43,45-46,48,51,55-56,69,74H,8-9,12,14,16-28,31-33H2,1-7H3,(H,64,70)(H,75,76)(H,77,78)/t41?,42-,43?,45?,46+,48+,51?,55?,56-,63+/m1/s1. The summed E-state index contributed by atoms with van der Waals surface area (Å²) in [5, 5.41) is 43.5. The van der Waals surface area contributed by atoms with Crippen LogP contribution in [0.3, 0.4) is 0 Å². The number of benzene rings is 2. The first-order valence-electron chi connectivity index (χ1n) is 30.0. The summed E-state index contributed by atoms with van der Waals surface area (Å²) < 4.78 is 36.3. The first-order chi connectivity index (χ1) is 41.4. The molecule has 1 aromatic heterocycles. The molecule has 5 N–H and O–H groups in total. The van der Waals surface area contributed by atoms with E-state index in [-0.39, 0.29) is 106 Å². The fourth-order valence-electron chi connectivity index (χ4n) is 13.4. The molecule has 3 aromatic rings. The monoisotopic (exact) mass is 1240 g/mol. The number of likely N-dealkylation sites (N-methyl/N-ethyl adjacent to an activating group) is 1. The molecule has 87 heavy (non-hydrogen) atoms. The van der Waals surface area contributed by atoms with E-state index in [0.29, 0.717) is 85.6 Å². The number of aliphatic carboxylic acids is 2. The number of hydrogen-bond donors (Lipinski definition) is 5. The topological polar surface area (TPSA) is 300 Å². The van der Waals surface area contributed by atoms with E-state index in [1.807, 2.05) is 6.07 Å². The van der Waals surface area contributed by atoms with Crippen molar-refractivity contribution in [1.82, 2.24) is 20.1 Å². The number of allylic oxidation sites excluding steroid dienone is 4. The van der Waals surface area contributed by atoms with Crippen molar-refractivity contribution in [3.05, 3.63) is 74.8 Å². The number of carboxylic acid groups (broad SMARTS) is 2. The van der Waals surface area contributed by atoms with E-state index in [2.05, 4.69) is 34.3 Å². The molecule has 3 amide bonds. The normalized spacial score (nSPS) is 26.3. The number of ether oxygens (including phenoxy) is 6. The average Bonchev–Trinajstić information content (AvgIpc) is 1.75. The number of aromatic nitrogens is 1. The lowest BCUT2D eigenvalue weighted by Gasteiger charge is -2.51. The highest BCUT2D eigenvalue weighted by Crippen LogP contribution is 2.62. The lowest BCUT2D eigenvalue weighted by atomic mass is 9.55. The minimum absolute atomic E-state index is 0.0230. The number of thioether (sulfide) groups is 1. The van der Waals surface area contributed by atoms with Gasteiger partial charge in [-0.3, -0.25) is 24.2 Å². The molecule has 3 fully saturated rings. The van der Waals surface area contributed by atoms with Crippen molar-refractivity contribution in [2.45, 2.75) is 148 Å². The predicted molar refractivity (Wildman–Crippen MR) is 323 cm³/mol. The minimum atomic E-state index is -1.53. The van der Waals surface area contributed by atoms with E-state index in [4.69, 9.17) is 28.4 Å². The first-order valence-corrected chi connectivity index (χ1v) is 31.8. The summed E-state index contributed by atoms with van der Waals surface area (Å²) in [7, 11) is 1.61. The Kier molecular flexibility index (Phi) is 21.1. The molecule has 0 radical (unpaired) electrons. The van der Waals surface area contributed by atoms with Gasteiger partial charge in [-0.25, -0.2) is 19.4 Å². The highest BCUT2D eigenvalue weighted by atomic mass is 32.2. The second-order valence-corrected chi connectivity index (χ2v) is 26.6. The van der Waals surface area contributed by atoms with Crippen LogP contribution in [0.2, 0.25) is 0 Å². The summed E-state index contributed by atoms with van der Waals surface area (Å²) in [6.45, 7) is 12.5. The lowest BCUT2D eigenvalue weighted by molar-refractivity contribution is -0.274. The number of aryl methyl sites for hydroxylation is 1. The number of hydrogen-bond acceptors (Lipinski definition) is 19. The van der Waals surface area contributed by atoms with E-state index >= 15 is 0 Å². The number of amides is 3. The fourth-order valence-corrected chi connectivity index (χ4v) is 15.5. The third-order valence-corrected chi connectivity index (χ3v) is 20.6. The number of aliphatic imine (C=N–C) groups is 1. The van der Waals surface area contributed by atoms with Crippen LogP contribution < -0.4 is 14.8 Å². The number of nitrogens with zero attached hydrogens (tertiary/aromatic N) is 4. The van der Waals surface area contributed by atoms with Crippen molar-refractivity contribution in [1.29, 1.82) is 0 Å². The SMILES string of the molecule is CC1=C(C)C(=O)C(C(C)(C)CC(=O)N(C)CCN(CCOCCOCCC(=O)NCCCOc2ccc3c(c2)CC[C@@H]2C3CC[C@@]3(C)C2CC[C@@H]3OC2C[C@H](O)C(O)[C@H](C(=O)O)O2)C(=O)Oc2ccc3nc(C4=NC(C(=O)O)CS4)sc3c2)=C(C)C1=O. The first kappa shape index (κ1) is 65.3. The second kappa shape index (κ2) is 28.1. The van der Waals surface area contributed by atoms with Crippen molar-refractivity contribution in [2.75, 3.05) is 72.0 Å². The van der Waals surface area contributed by atoms with Crippen molar-refractivity contribution < 1.29 is 82.4 Å². The number of nitrogens with one attached hydrogen (secondary N) is 1. The molecule has 3 heterocycles. The number of fused-ring (bicyclic) bond motifs is 6. The second-order valence-electron chi connectivity index (χ2n) is 24.6. The van der Waals surface area contributed by atoms with E-state index in [1.165, 1.54) is 44.0 Å². The summed E-state index contributed by atoms with van der Waals surface area (Å²) in [5.41, 5.74) is 3.66. The van der Waals surface area contributed by atoms with Crippen molar-refractivity contribution in [3.63, 3.8) is 0 Å². The van der Waals surface area contributed by atoms with Crippen LogP contribution in [0, 0.1) is 22.7 Å². The molecule has 9 rings (SSSR count). The van der Waals surface area contributed by atoms with E-state index in [1.54, 1.807) is 59.9 Å². The molecule has 0 bridgehead atoms. The van der Waals surface area contributed by atoms with Gasteiger partial charge in [-0.15, -0.1) is 23.1 Å². The van der Waals surface area contributed by atoms with Crippen LogP contribution in [-0.2, 0) is 54.1 Å². The van der Waals surface area contributed by atoms with Crippen molar-refractivity contribution >= 4 is 79.8 Å². The van der Waals surface area contributed by atoms with Gasteiger partial charge >= 0.3 is 18.0 Å². The predicted octanol–water partition coefficient (Wildman–Crippen LogP) is 6.89. The van der Waals surface area contributed by atoms with Gasteiger partial charge in [0.25, 0.3) is 0 Å². The van der Waals surface area contributed by atoms with Gasteiger partial charge in [0.05, 0.1) is 55.5 Å². The molecule has 1 saturated heterocycles. The molecule has 2 saturated carbocycles. The number of thiazole rings is 1. The molecule has 24 heteroatoms. The number of aliphatic hydroxyl groups is 2. The largest absolute Gasteiger partial charge is 0.494 e. The molecule has 10 atom stereocenters. The fraction of sp³-hybridized carbons (Fsp3) is 0.603. The summed E-state index contributed by atoms with van der Waals surface area (Å²) in [6, 6.07) is 10.6. The van der Waals surface area contributed by atoms with Crippen LogP contribution in [0.1, 0.15) is 121 Å². The summed E-state index contributed by atoms with van der Waals surface area (Å²) in [5.74, 6) is -0.522. The molecule has 2 aromatic carbocycles. The summed E-state index contributed by atoms with van der Waals surface area (Å²) in [4.78, 5) is 102.